The molecule has 0 aliphatic rings. The number of hydrogen-bond donors (Lipinski definition) is 1. The predicted molar refractivity (Wildman–Crippen MR) is 96.3 cm³/mol. The molecule has 0 amide bonds. The third kappa shape index (κ3) is 2.75. The Morgan fingerprint density at radius 1 is 0.846 bits per heavy atom. The Labute approximate surface area is 148 Å². The smallest absolute Gasteiger partial charge is 0.336 e. The summed E-state index contributed by atoms with van der Waals surface area (Å²) in [6.07, 6.45) is 0. The first kappa shape index (κ1) is 15.8. The molecule has 1 heterocycles. The van der Waals surface area contributed by atoms with E-state index in [1.165, 1.54) is 6.07 Å². The Morgan fingerprint density at radius 3 is 2.35 bits per heavy atom. The van der Waals surface area contributed by atoms with Crippen LogP contribution in [0, 0.1) is 0 Å². The molecule has 0 fully saturated rings. The third-order valence-electron chi connectivity index (χ3n) is 4.07. The van der Waals surface area contributed by atoms with Crippen LogP contribution in [0.5, 0.6) is 0 Å². The van der Waals surface area contributed by atoms with Crippen molar-refractivity contribution in [2.75, 3.05) is 0 Å². The van der Waals surface area contributed by atoms with Gasteiger partial charge < -0.3 is 9.52 Å². The van der Waals surface area contributed by atoms with Crippen molar-refractivity contribution in [3.63, 3.8) is 0 Å². The fourth-order valence-electron chi connectivity index (χ4n) is 2.80. The number of aromatic carboxylic acids is 1. The van der Waals surface area contributed by atoms with Gasteiger partial charge in [-0.15, -0.1) is 0 Å². The SMILES string of the molecule is O=C(c1ccccc1)c1ccc2oc(-c3ccccc3C(=O)O)nc2c1. The highest BCUT2D eigenvalue weighted by molar-refractivity contribution is 6.10. The molecule has 0 radical (unpaired) electrons. The van der Waals surface area contributed by atoms with Crippen molar-refractivity contribution in [3.05, 3.63) is 89.5 Å². The van der Waals surface area contributed by atoms with E-state index in [9.17, 15) is 14.7 Å². The van der Waals surface area contributed by atoms with Gasteiger partial charge in [-0.2, -0.15) is 0 Å². The minimum absolute atomic E-state index is 0.108. The molecule has 3 aromatic carbocycles. The Morgan fingerprint density at radius 2 is 1.58 bits per heavy atom. The van der Waals surface area contributed by atoms with Crippen LogP contribution in [-0.4, -0.2) is 21.8 Å². The maximum absolute atomic E-state index is 12.6. The molecular formula is C21H13NO4. The van der Waals surface area contributed by atoms with E-state index in [4.69, 9.17) is 4.42 Å². The van der Waals surface area contributed by atoms with E-state index in [2.05, 4.69) is 4.98 Å². The molecular weight excluding hydrogens is 330 g/mol. The first-order chi connectivity index (χ1) is 12.6. The van der Waals surface area contributed by atoms with E-state index in [0.717, 1.165) is 0 Å². The van der Waals surface area contributed by atoms with Gasteiger partial charge in [-0.05, 0) is 30.3 Å². The Bertz CT molecular complexity index is 1130. The lowest BCUT2D eigenvalue weighted by Gasteiger charge is -2.00. The molecule has 0 aliphatic heterocycles. The first-order valence-corrected chi connectivity index (χ1v) is 7.96. The van der Waals surface area contributed by atoms with Crippen molar-refractivity contribution in [3.8, 4) is 11.5 Å². The number of fused-ring (bicyclic) bond motifs is 1. The zero-order chi connectivity index (χ0) is 18.1. The highest BCUT2D eigenvalue weighted by Crippen LogP contribution is 2.28. The number of ketones is 1. The molecule has 26 heavy (non-hydrogen) atoms. The summed E-state index contributed by atoms with van der Waals surface area (Å²) >= 11 is 0. The summed E-state index contributed by atoms with van der Waals surface area (Å²) in [6.45, 7) is 0. The fourth-order valence-corrected chi connectivity index (χ4v) is 2.80. The van der Waals surface area contributed by atoms with E-state index in [1.807, 2.05) is 18.2 Å². The Kier molecular flexibility index (Phi) is 3.82. The van der Waals surface area contributed by atoms with Crippen molar-refractivity contribution < 1.29 is 19.1 Å². The highest BCUT2D eigenvalue weighted by atomic mass is 16.4. The number of nitrogens with zero attached hydrogens (tertiary/aromatic N) is 1. The molecule has 126 valence electrons. The van der Waals surface area contributed by atoms with Gasteiger partial charge >= 0.3 is 5.97 Å². The van der Waals surface area contributed by atoms with Crippen LogP contribution in [-0.2, 0) is 0 Å². The molecule has 0 atom stereocenters. The number of oxazole rings is 1. The number of carboxylic acid groups (broad SMARTS) is 1. The first-order valence-electron chi connectivity index (χ1n) is 7.96. The number of carbonyl (C=O) groups excluding carboxylic acids is 1. The summed E-state index contributed by atoms with van der Waals surface area (Å²) in [7, 11) is 0. The van der Waals surface area contributed by atoms with Crippen LogP contribution in [0.25, 0.3) is 22.6 Å². The number of carbonyl (C=O) groups is 2. The zero-order valence-electron chi connectivity index (χ0n) is 13.5. The molecule has 0 bridgehead atoms. The lowest BCUT2D eigenvalue weighted by Crippen LogP contribution is -2.00. The second-order valence-electron chi connectivity index (χ2n) is 5.75. The molecule has 0 saturated carbocycles. The molecule has 0 aliphatic carbocycles. The van der Waals surface area contributed by atoms with Gasteiger partial charge in [0.25, 0.3) is 0 Å². The molecule has 0 saturated heterocycles. The maximum Gasteiger partial charge on any atom is 0.336 e. The second-order valence-corrected chi connectivity index (χ2v) is 5.75. The summed E-state index contributed by atoms with van der Waals surface area (Å²) in [6, 6.07) is 20.5. The second kappa shape index (κ2) is 6.29. The molecule has 1 N–H and O–H groups in total. The third-order valence-corrected chi connectivity index (χ3v) is 4.07. The summed E-state index contributed by atoms with van der Waals surface area (Å²) in [5, 5.41) is 9.33. The number of carboxylic acids is 1. The summed E-state index contributed by atoms with van der Waals surface area (Å²) < 4.78 is 5.70. The Balaban J connectivity index is 1.78. The molecule has 4 rings (SSSR count). The average Bonchev–Trinajstić information content (AvgIpc) is 3.11. The summed E-state index contributed by atoms with van der Waals surface area (Å²) in [5.41, 5.74) is 2.58. The van der Waals surface area contributed by atoms with Gasteiger partial charge in [-0.3, -0.25) is 4.79 Å². The molecule has 0 unspecified atom stereocenters. The number of benzene rings is 3. The van der Waals surface area contributed by atoms with Crippen LogP contribution in [0.15, 0.2) is 77.2 Å². The number of aromatic nitrogens is 1. The average molecular weight is 343 g/mol. The zero-order valence-corrected chi connectivity index (χ0v) is 13.5. The van der Waals surface area contributed by atoms with E-state index in [-0.39, 0.29) is 17.2 Å². The summed E-state index contributed by atoms with van der Waals surface area (Å²) in [4.78, 5) is 28.4. The largest absolute Gasteiger partial charge is 0.478 e. The monoisotopic (exact) mass is 343 g/mol. The predicted octanol–water partition coefficient (Wildman–Crippen LogP) is 4.42. The van der Waals surface area contributed by atoms with Crippen LogP contribution < -0.4 is 0 Å². The molecule has 0 spiro atoms. The van der Waals surface area contributed by atoms with Crippen LogP contribution in [0.2, 0.25) is 0 Å². The van der Waals surface area contributed by atoms with Crippen LogP contribution in [0.1, 0.15) is 26.3 Å². The molecule has 1 aromatic heterocycles. The normalized spacial score (nSPS) is 10.8. The molecule has 5 nitrogen and oxygen atoms in total. The number of rotatable bonds is 4. The van der Waals surface area contributed by atoms with E-state index in [1.54, 1.807) is 48.5 Å². The van der Waals surface area contributed by atoms with Gasteiger partial charge in [-0.25, -0.2) is 9.78 Å². The van der Waals surface area contributed by atoms with E-state index in [0.29, 0.717) is 27.8 Å². The van der Waals surface area contributed by atoms with Crippen molar-refractivity contribution in [1.29, 1.82) is 0 Å². The van der Waals surface area contributed by atoms with Crippen LogP contribution in [0.3, 0.4) is 0 Å². The maximum atomic E-state index is 12.6. The van der Waals surface area contributed by atoms with Gasteiger partial charge in [0.15, 0.2) is 11.4 Å². The minimum Gasteiger partial charge on any atom is -0.478 e. The number of hydrogen-bond acceptors (Lipinski definition) is 4. The summed E-state index contributed by atoms with van der Waals surface area (Å²) in [5.74, 6) is -0.951. The van der Waals surface area contributed by atoms with Crippen LogP contribution >= 0.6 is 0 Å². The van der Waals surface area contributed by atoms with Gasteiger partial charge in [0.2, 0.25) is 5.89 Å². The Hall–Kier alpha value is -3.73. The molecule has 4 aromatic rings. The van der Waals surface area contributed by atoms with Crippen molar-refractivity contribution in [1.82, 2.24) is 4.98 Å². The highest BCUT2D eigenvalue weighted by Gasteiger charge is 2.17. The standard InChI is InChI=1S/C21H13NO4/c23-19(13-6-2-1-3-7-13)14-10-11-18-17(12-14)22-20(26-18)15-8-4-5-9-16(15)21(24)25/h1-12H,(H,24,25). The lowest BCUT2D eigenvalue weighted by molar-refractivity contribution is 0.0697. The van der Waals surface area contributed by atoms with Gasteiger partial charge in [0, 0.05) is 11.1 Å². The van der Waals surface area contributed by atoms with Gasteiger partial charge in [0.05, 0.1) is 11.1 Å². The fraction of sp³-hybridized carbons (Fsp3) is 0. The molecule has 5 heteroatoms. The van der Waals surface area contributed by atoms with Crippen molar-refractivity contribution in [2.45, 2.75) is 0 Å². The quantitative estimate of drug-likeness (QED) is 0.555. The van der Waals surface area contributed by atoms with Crippen molar-refractivity contribution in [2.24, 2.45) is 0 Å². The topological polar surface area (TPSA) is 80.4 Å². The van der Waals surface area contributed by atoms with Crippen molar-refractivity contribution >= 4 is 22.9 Å². The van der Waals surface area contributed by atoms with E-state index < -0.39 is 5.97 Å². The van der Waals surface area contributed by atoms with Gasteiger partial charge in [0.1, 0.15) is 5.52 Å². The van der Waals surface area contributed by atoms with Crippen LogP contribution in [0.4, 0.5) is 0 Å². The van der Waals surface area contributed by atoms with Gasteiger partial charge in [-0.1, -0.05) is 42.5 Å². The minimum atomic E-state index is -1.05. The lowest BCUT2D eigenvalue weighted by atomic mass is 10.0. The van der Waals surface area contributed by atoms with E-state index >= 15 is 0 Å².